The Morgan fingerprint density at radius 2 is 1.22 bits per heavy atom. The third kappa shape index (κ3) is 17.7. The van der Waals surface area contributed by atoms with Crippen molar-refractivity contribution in [1.82, 2.24) is 0 Å². The maximum Gasteiger partial charge on any atom is 0.0825 e. The van der Waals surface area contributed by atoms with Crippen molar-refractivity contribution in [2.45, 2.75) is 13.8 Å². The van der Waals surface area contributed by atoms with Crippen LogP contribution in [0, 0.1) is 0 Å². The molecule has 0 N–H and O–H groups in total. The second-order valence-corrected chi connectivity index (χ2v) is 0.881. The van der Waals surface area contributed by atoms with Gasteiger partial charge in [0.2, 0.25) is 0 Å². The van der Waals surface area contributed by atoms with Crippen molar-refractivity contribution >= 4 is 59.1 Å². The average molecular weight is 152 g/mol. The fraction of sp³-hybridized carbons (Fsp3) is 1.00. The first-order valence-electron chi connectivity index (χ1n) is 2.32. The third-order valence-electron chi connectivity index (χ3n) is 0.332. The maximum absolute atomic E-state index is 4.35. The van der Waals surface area contributed by atoms with Crippen molar-refractivity contribution in [2.75, 3.05) is 13.2 Å². The van der Waals surface area contributed by atoms with Crippen LogP contribution < -0.4 is 0 Å². The standard InChI is InChI=1S/C4H10O3.2Na/c1-3-5-7-6-4-2;;/h3-4H2,1-2H3;;. The molecule has 3 nitrogen and oxygen atoms in total. The molecule has 0 atom stereocenters. The Hall–Kier alpha value is 1.88. The quantitative estimate of drug-likeness (QED) is 0.248. The normalized spacial score (nSPS) is 7.33. The monoisotopic (exact) mass is 152 g/mol. The molecule has 0 bridgehead atoms. The Bertz CT molecular complexity index is 33.0. The summed E-state index contributed by atoms with van der Waals surface area (Å²) in [6.07, 6.45) is 0. The number of hydrogen-bond acceptors (Lipinski definition) is 3. The minimum atomic E-state index is 0. The van der Waals surface area contributed by atoms with E-state index in [1.165, 1.54) is 0 Å². The predicted octanol–water partition coefficient (Wildman–Crippen LogP) is 0.144. The van der Waals surface area contributed by atoms with Crippen LogP contribution in [0.25, 0.3) is 0 Å². The van der Waals surface area contributed by atoms with E-state index in [1.807, 2.05) is 13.8 Å². The largest absolute Gasteiger partial charge is 0.206 e. The van der Waals surface area contributed by atoms with E-state index in [4.69, 9.17) is 0 Å². The van der Waals surface area contributed by atoms with Crippen LogP contribution in [-0.4, -0.2) is 72.3 Å². The van der Waals surface area contributed by atoms with E-state index in [-0.39, 0.29) is 59.1 Å². The molecule has 0 aliphatic heterocycles. The third-order valence-corrected chi connectivity index (χ3v) is 0.332. The second kappa shape index (κ2) is 16.5. The van der Waals surface area contributed by atoms with Crippen molar-refractivity contribution in [3.8, 4) is 0 Å². The summed E-state index contributed by atoms with van der Waals surface area (Å²) in [6, 6.07) is 0. The molecule has 0 aromatic heterocycles. The predicted molar refractivity (Wildman–Crippen MR) is 35.8 cm³/mol. The fourth-order valence-corrected chi connectivity index (χ4v) is 0.130. The van der Waals surface area contributed by atoms with Gasteiger partial charge in [-0.3, -0.25) is 0 Å². The Morgan fingerprint density at radius 3 is 1.44 bits per heavy atom. The molecule has 0 saturated carbocycles. The maximum atomic E-state index is 4.35. The number of rotatable bonds is 4. The van der Waals surface area contributed by atoms with Crippen LogP contribution in [-0.2, 0) is 14.8 Å². The summed E-state index contributed by atoms with van der Waals surface area (Å²) in [5.74, 6) is 0. The summed E-state index contributed by atoms with van der Waals surface area (Å²) in [6.45, 7) is 4.66. The van der Waals surface area contributed by atoms with Gasteiger partial charge in [-0.25, -0.2) is 9.78 Å². The van der Waals surface area contributed by atoms with E-state index in [9.17, 15) is 0 Å². The molecule has 0 rings (SSSR count). The molecule has 0 aliphatic rings. The van der Waals surface area contributed by atoms with Gasteiger partial charge in [0.25, 0.3) is 0 Å². The summed E-state index contributed by atoms with van der Waals surface area (Å²) in [7, 11) is 0. The van der Waals surface area contributed by atoms with Gasteiger partial charge >= 0.3 is 0 Å². The van der Waals surface area contributed by atoms with Crippen LogP contribution in [0.2, 0.25) is 0 Å². The summed E-state index contributed by atoms with van der Waals surface area (Å²) < 4.78 is 0. The van der Waals surface area contributed by atoms with Gasteiger partial charge in [-0.2, -0.15) is 0 Å². The Labute approximate surface area is 99.9 Å². The Balaban J connectivity index is -0.000000180. The van der Waals surface area contributed by atoms with Crippen LogP contribution in [0.3, 0.4) is 0 Å². The van der Waals surface area contributed by atoms with Crippen molar-refractivity contribution in [1.29, 1.82) is 0 Å². The summed E-state index contributed by atoms with van der Waals surface area (Å²) >= 11 is 0. The summed E-state index contributed by atoms with van der Waals surface area (Å²) in [4.78, 5) is 8.70. The van der Waals surface area contributed by atoms with Gasteiger partial charge in [0.1, 0.15) is 0 Å². The van der Waals surface area contributed by atoms with Gasteiger partial charge in [-0.15, -0.1) is 0 Å². The first-order valence-corrected chi connectivity index (χ1v) is 2.32. The molecule has 5 heteroatoms. The molecule has 0 heterocycles. The Kier molecular flexibility index (Phi) is 31.3. The van der Waals surface area contributed by atoms with Crippen LogP contribution in [0.5, 0.6) is 0 Å². The molecule has 46 valence electrons. The first kappa shape index (κ1) is 17.1. The van der Waals surface area contributed by atoms with E-state index in [0.29, 0.717) is 13.2 Å². The summed E-state index contributed by atoms with van der Waals surface area (Å²) in [5.41, 5.74) is 0. The van der Waals surface area contributed by atoms with Gasteiger partial charge in [-0.05, 0) is 13.8 Å². The van der Waals surface area contributed by atoms with E-state index in [0.717, 1.165) is 0 Å². The molecule has 0 fully saturated rings. The molecular weight excluding hydrogens is 142 g/mol. The van der Waals surface area contributed by atoms with E-state index in [2.05, 4.69) is 14.8 Å². The number of hydrogen-bond donors (Lipinski definition) is 0. The zero-order valence-corrected chi connectivity index (χ0v) is 10.6. The van der Waals surface area contributed by atoms with Crippen LogP contribution in [0.4, 0.5) is 0 Å². The molecule has 0 amide bonds. The van der Waals surface area contributed by atoms with Gasteiger partial charge < -0.3 is 0 Å². The molecule has 0 aromatic rings. The first-order chi connectivity index (χ1) is 3.41. The zero-order valence-electron chi connectivity index (χ0n) is 6.64. The van der Waals surface area contributed by atoms with Gasteiger partial charge in [0.15, 0.2) is 0 Å². The van der Waals surface area contributed by atoms with Crippen LogP contribution in [0.1, 0.15) is 13.8 Å². The van der Waals surface area contributed by atoms with Gasteiger partial charge in [0.05, 0.1) is 13.2 Å². The summed E-state index contributed by atoms with van der Waals surface area (Å²) in [5, 5.41) is 4.13. The van der Waals surface area contributed by atoms with Crippen molar-refractivity contribution in [3.63, 3.8) is 0 Å². The molecule has 0 saturated heterocycles. The molecule has 0 unspecified atom stereocenters. The molecule has 2 radical (unpaired) electrons. The second-order valence-electron chi connectivity index (χ2n) is 0.881. The topological polar surface area (TPSA) is 27.7 Å². The molecule has 0 spiro atoms. The van der Waals surface area contributed by atoms with E-state index in [1.54, 1.807) is 0 Å². The van der Waals surface area contributed by atoms with Gasteiger partial charge in [-0.1, -0.05) is 5.04 Å². The van der Waals surface area contributed by atoms with Crippen LogP contribution >= 0.6 is 0 Å². The fourth-order valence-electron chi connectivity index (χ4n) is 0.130. The SMILES string of the molecule is CCOOOCC.[Na].[Na]. The van der Waals surface area contributed by atoms with Crippen molar-refractivity contribution < 1.29 is 14.8 Å². The average Bonchev–Trinajstić information content (AvgIpc) is 1.69. The minimum absolute atomic E-state index is 0. The molecule has 0 aromatic carbocycles. The van der Waals surface area contributed by atoms with E-state index < -0.39 is 0 Å². The van der Waals surface area contributed by atoms with Crippen molar-refractivity contribution in [3.05, 3.63) is 0 Å². The zero-order chi connectivity index (χ0) is 5.54. The smallest absolute Gasteiger partial charge is 0.0825 e. The molecular formula is C4H10Na2O3. The van der Waals surface area contributed by atoms with Gasteiger partial charge in [0, 0.05) is 59.1 Å². The Morgan fingerprint density at radius 1 is 0.889 bits per heavy atom. The van der Waals surface area contributed by atoms with Crippen LogP contribution in [0.15, 0.2) is 0 Å². The molecule has 9 heavy (non-hydrogen) atoms. The minimum Gasteiger partial charge on any atom is -0.206 e. The van der Waals surface area contributed by atoms with Crippen molar-refractivity contribution in [2.24, 2.45) is 0 Å². The molecule has 0 aliphatic carbocycles. The van der Waals surface area contributed by atoms with E-state index >= 15 is 0 Å².